The molecule has 1 N–H and O–H groups in total. The van der Waals surface area contributed by atoms with Crippen LogP contribution >= 0.6 is 23.4 Å². The molecule has 146 valence electrons. The molecule has 0 aliphatic heterocycles. The summed E-state index contributed by atoms with van der Waals surface area (Å²) >= 11 is 7.36. The Balaban J connectivity index is 1.72. The number of thioether (sulfide) groups is 1. The molecule has 0 bridgehead atoms. The average Bonchev–Trinajstić information content (AvgIpc) is 3.16. The van der Waals surface area contributed by atoms with Gasteiger partial charge < -0.3 is 9.47 Å². The van der Waals surface area contributed by atoms with Gasteiger partial charge in [0.05, 0.1) is 24.5 Å². The van der Waals surface area contributed by atoms with E-state index in [1.807, 2.05) is 13.8 Å². The normalized spacial score (nSPS) is 11.9. The Morgan fingerprint density at radius 2 is 2.00 bits per heavy atom. The lowest BCUT2D eigenvalue weighted by Gasteiger charge is -2.09. The maximum Gasteiger partial charge on any atom is 0.209 e. The minimum atomic E-state index is -0.345. The van der Waals surface area contributed by atoms with Crippen LogP contribution in [0.3, 0.4) is 0 Å². The summed E-state index contributed by atoms with van der Waals surface area (Å²) in [5, 5.41) is 7.79. The molecule has 0 aliphatic rings. The Labute approximate surface area is 172 Å². The van der Waals surface area contributed by atoms with E-state index in [0.717, 1.165) is 5.75 Å². The van der Waals surface area contributed by atoms with Gasteiger partial charge in [0.15, 0.2) is 11.6 Å². The lowest BCUT2D eigenvalue weighted by molar-refractivity contribution is 0.0994. The standard InChI is InChI=1S/C20H20ClN3O3S/c1-4-27-15-8-5-13(6-9-15)18(25)12(2)28-20-22-19(23-24-20)16-11-14(21)7-10-17(16)26-3/h5-12H,4H2,1-3H3,(H,22,23,24)/t12-/m0/s1. The summed E-state index contributed by atoms with van der Waals surface area (Å²) in [5.41, 5.74) is 1.33. The Hall–Kier alpha value is -2.51. The molecule has 6 nitrogen and oxygen atoms in total. The number of ketones is 1. The van der Waals surface area contributed by atoms with E-state index >= 15 is 0 Å². The number of rotatable bonds is 8. The fourth-order valence-electron chi connectivity index (χ4n) is 2.61. The fraction of sp³-hybridized carbons (Fsp3) is 0.250. The number of halogens is 1. The highest BCUT2D eigenvalue weighted by Crippen LogP contribution is 2.32. The molecule has 0 amide bonds. The van der Waals surface area contributed by atoms with Crippen molar-refractivity contribution in [1.29, 1.82) is 0 Å². The number of ether oxygens (including phenoxy) is 2. The van der Waals surface area contributed by atoms with Gasteiger partial charge in [0.25, 0.3) is 0 Å². The van der Waals surface area contributed by atoms with Crippen LogP contribution in [0.5, 0.6) is 11.5 Å². The van der Waals surface area contributed by atoms with Crippen molar-refractivity contribution in [2.45, 2.75) is 24.3 Å². The van der Waals surface area contributed by atoms with Gasteiger partial charge in [-0.05, 0) is 56.3 Å². The third-order valence-electron chi connectivity index (χ3n) is 3.98. The first-order valence-electron chi connectivity index (χ1n) is 8.72. The number of H-pyrrole nitrogens is 1. The lowest BCUT2D eigenvalue weighted by Crippen LogP contribution is -2.13. The minimum Gasteiger partial charge on any atom is -0.496 e. The third kappa shape index (κ3) is 4.66. The molecule has 0 fully saturated rings. The third-order valence-corrected chi connectivity index (χ3v) is 5.18. The molecule has 1 atom stereocenters. The second-order valence-electron chi connectivity index (χ2n) is 5.89. The number of Topliss-reactive ketones (excluding diaryl/α,β-unsaturated/α-hetero) is 1. The van der Waals surface area contributed by atoms with E-state index in [0.29, 0.717) is 39.5 Å². The zero-order valence-corrected chi connectivity index (χ0v) is 17.3. The zero-order valence-electron chi connectivity index (χ0n) is 15.7. The molecule has 8 heteroatoms. The maximum absolute atomic E-state index is 12.7. The molecular weight excluding hydrogens is 398 g/mol. The van der Waals surface area contributed by atoms with E-state index in [9.17, 15) is 4.79 Å². The summed E-state index contributed by atoms with van der Waals surface area (Å²) in [7, 11) is 1.58. The average molecular weight is 418 g/mol. The molecule has 0 radical (unpaired) electrons. The van der Waals surface area contributed by atoms with Gasteiger partial charge in [-0.2, -0.15) is 0 Å². The van der Waals surface area contributed by atoms with E-state index < -0.39 is 0 Å². The van der Waals surface area contributed by atoms with Gasteiger partial charge in [0.1, 0.15) is 11.5 Å². The number of hydrogen-bond donors (Lipinski definition) is 1. The van der Waals surface area contributed by atoms with Crippen molar-refractivity contribution in [3.05, 3.63) is 53.1 Å². The SMILES string of the molecule is CCOc1ccc(C(=O)[C@H](C)Sc2n[nH]c(-c3cc(Cl)ccc3OC)n2)cc1. The lowest BCUT2D eigenvalue weighted by atomic mass is 10.1. The number of benzene rings is 2. The number of aromatic amines is 1. The molecule has 3 aromatic rings. The molecule has 0 spiro atoms. The highest BCUT2D eigenvalue weighted by molar-refractivity contribution is 8.00. The molecule has 0 saturated carbocycles. The van der Waals surface area contributed by atoms with Gasteiger partial charge in [0.2, 0.25) is 5.16 Å². The van der Waals surface area contributed by atoms with Gasteiger partial charge in [0, 0.05) is 10.6 Å². The first-order chi connectivity index (χ1) is 13.5. The largest absolute Gasteiger partial charge is 0.496 e. The van der Waals surface area contributed by atoms with Gasteiger partial charge >= 0.3 is 0 Å². The Bertz CT molecular complexity index is 960. The van der Waals surface area contributed by atoms with Crippen LogP contribution in [0.4, 0.5) is 0 Å². The number of carbonyl (C=O) groups is 1. The molecule has 0 saturated heterocycles. The monoisotopic (exact) mass is 417 g/mol. The van der Waals surface area contributed by atoms with Crippen LogP contribution in [-0.4, -0.2) is 39.9 Å². The summed E-state index contributed by atoms with van der Waals surface area (Å²) in [6.45, 7) is 4.34. The fourth-order valence-corrected chi connectivity index (χ4v) is 3.59. The molecule has 0 aliphatic carbocycles. The number of carbonyl (C=O) groups excluding carboxylic acids is 1. The molecular formula is C20H20ClN3O3S. The van der Waals surface area contributed by atoms with Gasteiger partial charge in [-0.3, -0.25) is 9.89 Å². The molecule has 3 rings (SSSR count). The number of methoxy groups -OCH3 is 1. The quantitative estimate of drug-likeness (QED) is 0.415. The number of nitrogens with zero attached hydrogens (tertiary/aromatic N) is 2. The summed E-state index contributed by atoms with van der Waals surface area (Å²) in [6.07, 6.45) is 0. The maximum atomic E-state index is 12.7. The van der Waals surface area contributed by atoms with Crippen LogP contribution in [0.2, 0.25) is 5.02 Å². The number of hydrogen-bond acceptors (Lipinski definition) is 6. The van der Waals surface area contributed by atoms with Crippen molar-refractivity contribution < 1.29 is 14.3 Å². The topological polar surface area (TPSA) is 77.1 Å². The van der Waals surface area contributed by atoms with E-state index in [1.54, 1.807) is 49.6 Å². The predicted octanol–water partition coefficient (Wildman–Crippen LogP) is 4.90. The van der Waals surface area contributed by atoms with Crippen LogP contribution < -0.4 is 9.47 Å². The van der Waals surface area contributed by atoms with Crippen molar-refractivity contribution in [1.82, 2.24) is 15.2 Å². The van der Waals surface area contributed by atoms with Crippen molar-refractivity contribution in [3.8, 4) is 22.9 Å². The van der Waals surface area contributed by atoms with Crippen LogP contribution in [0.25, 0.3) is 11.4 Å². The first-order valence-corrected chi connectivity index (χ1v) is 9.97. The highest BCUT2D eigenvalue weighted by atomic mass is 35.5. The molecule has 1 heterocycles. The van der Waals surface area contributed by atoms with Crippen molar-refractivity contribution >= 4 is 29.1 Å². The Kier molecular flexibility index (Phi) is 6.59. The summed E-state index contributed by atoms with van der Waals surface area (Å²) < 4.78 is 10.8. The second-order valence-corrected chi connectivity index (χ2v) is 7.64. The second kappa shape index (κ2) is 9.12. The van der Waals surface area contributed by atoms with E-state index in [1.165, 1.54) is 11.8 Å². The van der Waals surface area contributed by atoms with Crippen LogP contribution in [-0.2, 0) is 0 Å². The van der Waals surface area contributed by atoms with Crippen molar-refractivity contribution in [2.24, 2.45) is 0 Å². The van der Waals surface area contributed by atoms with Gasteiger partial charge in [-0.1, -0.05) is 23.4 Å². The van der Waals surface area contributed by atoms with E-state index in [4.69, 9.17) is 21.1 Å². The Morgan fingerprint density at radius 1 is 1.25 bits per heavy atom. The van der Waals surface area contributed by atoms with Crippen molar-refractivity contribution in [3.63, 3.8) is 0 Å². The first kappa shape index (κ1) is 20.2. The minimum absolute atomic E-state index is 0.000246. The Morgan fingerprint density at radius 3 is 2.68 bits per heavy atom. The summed E-state index contributed by atoms with van der Waals surface area (Å²) in [4.78, 5) is 17.1. The van der Waals surface area contributed by atoms with Gasteiger partial charge in [-0.15, -0.1) is 5.10 Å². The van der Waals surface area contributed by atoms with Crippen LogP contribution in [0.15, 0.2) is 47.6 Å². The number of nitrogens with one attached hydrogen (secondary N) is 1. The zero-order chi connectivity index (χ0) is 20.1. The molecule has 0 unspecified atom stereocenters. The molecule has 2 aromatic carbocycles. The van der Waals surface area contributed by atoms with Crippen LogP contribution in [0.1, 0.15) is 24.2 Å². The van der Waals surface area contributed by atoms with Crippen molar-refractivity contribution in [2.75, 3.05) is 13.7 Å². The van der Waals surface area contributed by atoms with E-state index in [2.05, 4.69) is 15.2 Å². The predicted molar refractivity (Wildman–Crippen MR) is 111 cm³/mol. The molecule has 28 heavy (non-hydrogen) atoms. The summed E-state index contributed by atoms with van der Waals surface area (Å²) in [6, 6.07) is 12.4. The van der Waals surface area contributed by atoms with Gasteiger partial charge in [-0.25, -0.2) is 4.98 Å². The molecule has 1 aromatic heterocycles. The highest BCUT2D eigenvalue weighted by Gasteiger charge is 2.20. The van der Waals surface area contributed by atoms with E-state index in [-0.39, 0.29) is 11.0 Å². The number of aromatic nitrogens is 3. The smallest absolute Gasteiger partial charge is 0.209 e. The van der Waals surface area contributed by atoms with Crippen LogP contribution in [0, 0.1) is 0 Å². The summed E-state index contributed by atoms with van der Waals surface area (Å²) in [5.74, 6) is 1.91.